The van der Waals surface area contributed by atoms with Crippen LogP contribution in [0.2, 0.25) is 10.0 Å². The molecule has 3 rings (SSSR count). The maximum atomic E-state index is 12.4. The molecule has 1 aromatic carbocycles. The van der Waals surface area contributed by atoms with Crippen LogP contribution in [-0.2, 0) is 11.3 Å². The molecule has 28 heavy (non-hydrogen) atoms. The normalized spacial score (nSPS) is 12.0. The number of aryl methyl sites for hydroxylation is 1. The third-order valence-electron chi connectivity index (χ3n) is 4.13. The Morgan fingerprint density at radius 1 is 1.18 bits per heavy atom. The van der Waals surface area contributed by atoms with Crippen LogP contribution in [0.15, 0.2) is 36.5 Å². The monoisotopic (exact) mass is 421 g/mol. The summed E-state index contributed by atoms with van der Waals surface area (Å²) >= 11 is 12.0. The van der Waals surface area contributed by atoms with Crippen LogP contribution in [0.5, 0.6) is 0 Å². The standard InChI is InChI=1S/C18H17Cl2N5O3/c1-10-7-16(23-25(10)9-12-3-4-13(19)14(20)8-12)21-17(26)15-5-6-24(22-15)11(2)18(27)28/h3-8,11H,9H2,1-2H3,(H,27,28)(H,21,23,26). The molecule has 0 radical (unpaired) electrons. The van der Waals surface area contributed by atoms with Crippen molar-refractivity contribution in [1.82, 2.24) is 19.6 Å². The highest BCUT2D eigenvalue weighted by Crippen LogP contribution is 2.23. The molecule has 2 N–H and O–H groups in total. The van der Waals surface area contributed by atoms with Gasteiger partial charge in [-0.3, -0.25) is 14.2 Å². The Morgan fingerprint density at radius 3 is 2.61 bits per heavy atom. The Morgan fingerprint density at radius 2 is 1.93 bits per heavy atom. The molecular formula is C18H17Cl2N5O3. The second kappa shape index (κ2) is 8.04. The van der Waals surface area contributed by atoms with Gasteiger partial charge in [-0.2, -0.15) is 10.2 Å². The zero-order chi connectivity index (χ0) is 20.4. The van der Waals surface area contributed by atoms with Crippen LogP contribution >= 0.6 is 23.2 Å². The van der Waals surface area contributed by atoms with Crippen molar-refractivity contribution in [2.45, 2.75) is 26.4 Å². The number of benzene rings is 1. The molecule has 2 heterocycles. The maximum absolute atomic E-state index is 12.4. The lowest BCUT2D eigenvalue weighted by Gasteiger charge is -2.06. The van der Waals surface area contributed by atoms with E-state index >= 15 is 0 Å². The minimum atomic E-state index is -1.04. The van der Waals surface area contributed by atoms with Crippen LogP contribution < -0.4 is 5.32 Å². The number of amides is 1. The second-order valence-electron chi connectivity index (χ2n) is 6.23. The molecular weight excluding hydrogens is 405 g/mol. The van der Waals surface area contributed by atoms with Crippen molar-refractivity contribution in [3.63, 3.8) is 0 Å². The zero-order valence-corrected chi connectivity index (χ0v) is 16.6. The fraction of sp³-hybridized carbons (Fsp3) is 0.222. The van der Waals surface area contributed by atoms with Crippen LogP contribution in [0.25, 0.3) is 0 Å². The van der Waals surface area contributed by atoms with Crippen molar-refractivity contribution >= 4 is 40.9 Å². The topological polar surface area (TPSA) is 102 Å². The number of rotatable bonds is 6. The quantitative estimate of drug-likeness (QED) is 0.632. The maximum Gasteiger partial charge on any atom is 0.328 e. The highest BCUT2D eigenvalue weighted by molar-refractivity contribution is 6.42. The molecule has 10 heteroatoms. The Balaban J connectivity index is 1.71. The van der Waals surface area contributed by atoms with Crippen molar-refractivity contribution in [1.29, 1.82) is 0 Å². The highest BCUT2D eigenvalue weighted by atomic mass is 35.5. The highest BCUT2D eigenvalue weighted by Gasteiger charge is 2.18. The first-order valence-electron chi connectivity index (χ1n) is 8.32. The molecule has 3 aromatic rings. The molecule has 1 atom stereocenters. The summed E-state index contributed by atoms with van der Waals surface area (Å²) in [5, 5.41) is 21.0. The number of carboxylic acids is 1. The van der Waals surface area contributed by atoms with Gasteiger partial charge in [-0.25, -0.2) is 4.79 Å². The van der Waals surface area contributed by atoms with E-state index in [-0.39, 0.29) is 5.69 Å². The zero-order valence-electron chi connectivity index (χ0n) is 15.1. The van der Waals surface area contributed by atoms with E-state index in [9.17, 15) is 9.59 Å². The number of anilines is 1. The molecule has 0 saturated heterocycles. The van der Waals surface area contributed by atoms with Crippen LogP contribution in [-0.4, -0.2) is 36.5 Å². The molecule has 146 valence electrons. The van der Waals surface area contributed by atoms with E-state index in [1.54, 1.807) is 22.9 Å². The van der Waals surface area contributed by atoms with Crippen LogP contribution in [0.3, 0.4) is 0 Å². The van der Waals surface area contributed by atoms with E-state index in [1.165, 1.54) is 23.9 Å². The third kappa shape index (κ3) is 4.35. The molecule has 0 aliphatic rings. The number of carbonyl (C=O) groups is 2. The number of nitrogens with zero attached hydrogens (tertiary/aromatic N) is 4. The van der Waals surface area contributed by atoms with Gasteiger partial charge in [0.15, 0.2) is 11.5 Å². The van der Waals surface area contributed by atoms with Crippen molar-refractivity contribution < 1.29 is 14.7 Å². The summed E-state index contributed by atoms with van der Waals surface area (Å²) in [5.41, 5.74) is 1.86. The largest absolute Gasteiger partial charge is 0.480 e. The van der Waals surface area contributed by atoms with Gasteiger partial charge in [0.25, 0.3) is 5.91 Å². The number of halogens is 2. The SMILES string of the molecule is Cc1cc(NC(=O)c2ccn(C(C)C(=O)O)n2)nn1Cc1ccc(Cl)c(Cl)c1. The lowest BCUT2D eigenvalue weighted by Crippen LogP contribution is -2.18. The van der Waals surface area contributed by atoms with Crippen molar-refractivity contribution in [2.75, 3.05) is 5.32 Å². The van der Waals surface area contributed by atoms with E-state index < -0.39 is 17.9 Å². The fourth-order valence-electron chi connectivity index (χ4n) is 2.51. The van der Waals surface area contributed by atoms with E-state index in [4.69, 9.17) is 28.3 Å². The average molecular weight is 422 g/mol. The molecule has 0 spiro atoms. The minimum Gasteiger partial charge on any atom is -0.480 e. The second-order valence-corrected chi connectivity index (χ2v) is 7.04. The molecule has 8 nitrogen and oxygen atoms in total. The van der Waals surface area contributed by atoms with Crippen molar-refractivity contribution in [2.24, 2.45) is 0 Å². The Hall–Kier alpha value is -2.84. The molecule has 1 unspecified atom stereocenters. The molecule has 0 aliphatic carbocycles. The summed E-state index contributed by atoms with van der Waals surface area (Å²) in [6.45, 7) is 3.80. The number of hydrogen-bond donors (Lipinski definition) is 2. The van der Waals surface area contributed by atoms with E-state index in [0.29, 0.717) is 22.4 Å². The molecule has 0 saturated carbocycles. The first kappa shape index (κ1) is 19.9. The summed E-state index contributed by atoms with van der Waals surface area (Å²) < 4.78 is 2.94. The van der Waals surface area contributed by atoms with Gasteiger partial charge in [0.1, 0.15) is 6.04 Å². The van der Waals surface area contributed by atoms with Crippen LogP contribution in [0, 0.1) is 6.92 Å². The van der Waals surface area contributed by atoms with E-state index in [2.05, 4.69) is 15.5 Å². The molecule has 0 bridgehead atoms. The van der Waals surface area contributed by atoms with Gasteiger partial charge in [0.05, 0.1) is 16.6 Å². The lowest BCUT2D eigenvalue weighted by atomic mass is 10.2. The number of hydrogen-bond acceptors (Lipinski definition) is 4. The van der Waals surface area contributed by atoms with Gasteiger partial charge in [0, 0.05) is 18.0 Å². The lowest BCUT2D eigenvalue weighted by molar-refractivity contribution is -0.140. The Labute approximate surface area is 170 Å². The summed E-state index contributed by atoms with van der Waals surface area (Å²) in [6, 6.07) is 7.65. The molecule has 0 fully saturated rings. The first-order chi connectivity index (χ1) is 13.2. The van der Waals surface area contributed by atoms with Gasteiger partial charge in [-0.15, -0.1) is 0 Å². The molecule has 2 aromatic heterocycles. The number of carboxylic acid groups (broad SMARTS) is 1. The number of aliphatic carboxylic acids is 1. The predicted octanol–water partition coefficient (Wildman–Crippen LogP) is 3.64. The third-order valence-corrected chi connectivity index (χ3v) is 4.87. The van der Waals surface area contributed by atoms with E-state index in [1.807, 2.05) is 13.0 Å². The summed E-state index contributed by atoms with van der Waals surface area (Å²) in [5.74, 6) is -1.15. The number of nitrogens with one attached hydrogen (secondary N) is 1. The summed E-state index contributed by atoms with van der Waals surface area (Å²) in [4.78, 5) is 23.4. The van der Waals surface area contributed by atoms with Gasteiger partial charge in [0.2, 0.25) is 0 Å². The fourth-order valence-corrected chi connectivity index (χ4v) is 2.83. The Kier molecular flexibility index (Phi) is 5.71. The Bertz CT molecular complexity index is 1040. The average Bonchev–Trinajstić information content (AvgIpc) is 3.25. The summed E-state index contributed by atoms with van der Waals surface area (Å²) in [7, 11) is 0. The van der Waals surface area contributed by atoms with Crippen molar-refractivity contribution in [3.8, 4) is 0 Å². The van der Waals surface area contributed by atoms with Crippen LogP contribution in [0.4, 0.5) is 5.82 Å². The van der Waals surface area contributed by atoms with Gasteiger partial charge >= 0.3 is 5.97 Å². The van der Waals surface area contributed by atoms with E-state index in [0.717, 1.165) is 11.3 Å². The van der Waals surface area contributed by atoms with Gasteiger partial charge < -0.3 is 10.4 Å². The smallest absolute Gasteiger partial charge is 0.328 e. The predicted molar refractivity (Wildman–Crippen MR) is 105 cm³/mol. The minimum absolute atomic E-state index is 0.102. The molecule has 1 amide bonds. The van der Waals surface area contributed by atoms with Gasteiger partial charge in [-0.05, 0) is 37.6 Å². The van der Waals surface area contributed by atoms with Crippen molar-refractivity contribution in [3.05, 3.63) is 63.5 Å². The van der Waals surface area contributed by atoms with Gasteiger partial charge in [-0.1, -0.05) is 29.3 Å². The molecule has 0 aliphatic heterocycles. The first-order valence-corrected chi connectivity index (χ1v) is 9.08. The summed E-state index contributed by atoms with van der Waals surface area (Å²) in [6.07, 6.45) is 1.45. The van der Waals surface area contributed by atoms with Crippen LogP contribution in [0.1, 0.15) is 34.7 Å². The number of carbonyl (C=O) groups excluding carboxylic acids is 1. The number of aromatic nitrogens is 4.